The molecule has 0 aromatic heterocycles. The summed E-state index contributed by atoms with van der Waals surface area (Å²) in [6, 6.07) is 20.1. The van der Waals surface area contributed by atoms with Crippen LogP contribution in [0.25, 0.3) is 10.8 Å². The number of methoxy groups -OCH3 is 1. The summed E-state index contributed by atoms with van der Waals surface area (Å²) in [5.41, 5.74) is 4.07. The van der Waals surface area contributed by atoms with E-state index in [4.69, 9.17) is 9.47 Å². The molecule has 3 aromatic carbocycles. The van der Waals surface area contributed by atoms with Gasteiger partial charge in [-0.3, -0.25) is 0 Å². The first-order valence-electron chi connectivity index (χ1n) is 9.87. The minimum atomic E-state index is -0.908. The molecule has 1 N–H and O–H groups in total. The molecule has 4 rings (SSSR count). The van der Waals surface area contributed by atoms with Gasteiger partial charge in [0.25, 0.3) is 0 Å². The lowest BCUT2D eigenvalue weighted by Crippen LogP contribution is -2.33. The predicted octanol–water partition coefficient (Wildman–Crippen LogP) is 5.66. The zero-order valence-electron chi connectivity index (χ0n) is 17.0. The van der Waals surface area contributed by atoms with Crippen molar-refractivity contribution >= 4 is 16.7 Å². The molecule has 4 nitrogen and oxygen atoms in total. The number of fused-ring (bicyclic) bond motifs is 2. The molecular weight excluding hydrogens is 364 g/mol. The molecule has 0 aliphatic heterocycles. The number of hydrogen-bond donors (Lipinski definition) is 1. The zero-order chi connectivity index (χ0) is 20.6. The monoisotopic (exact) mass is 390 g/mol. The van der Waals surface area contributed by atoms with Gasteiger partial charge in [0, 0.05) is 13.0 Å². The smallest absolute Gasteiger partial charge is 0.335 e. The quantitative estimate of drug-likeness (QED) is 0.571. The molecule has 3 aromatic rings. The van der Waals surface area contributed by atoms with Crippen molar-refractivity contribution in [2.24, 2.45) is 0 Å². The average Bonchev–Trinajstić information content (AvgIpc) is 2.72. The normalized spacial score (nSPS) is 20.4. The molecule has 0 amide bonds. The van der Waals surface area contributed by atoms with E-state index in [2.05, 4.69) is 50.2 Å². The fourth-order valence-corrected chi connectivity index (χ4v) is 4.61. The molecule has 0 fully saturated rings. The molecule has 2 unspecified atom stereocenters. The summed E-state index contributed by atoms with van der Waals surface area (Å²) >= 11 is 0. The van der Waals surface area contributed by atoms with E-state index in [0.29, 0.717) is 5.56 Å². The van der Waals surface area contributed by atoms with Crippen LogP contribution in [0.4, 0.5) is 0 Å². The van der Waals surface area contributed by atoms with E-state index in [-0.39, 0.29) is 24.2 Å². The molecule has 150 valence electrons. The average molecular weight is 390 g/mol. The molecule has 0 saturated heterocycles. The standard InChI is InChI=1S/C25H26O4/c1-25(2)14-21(23(29-15-28-3)20-6-4-5-7-22(20)25)18-10-8-17-13-19(24(26)27)11-9-16(17)12-18/h4-13,21,23H,14-15H2,1-3H3,(H,26,27). The van der Waals surface area contributed by atoms with Crippen LogP contribution in [0.5, 0.6) is 0 Å². The fraction of sp³-hybridized carbons (Fsp3) is 0.320. The third-order valence-electron chi connectivity index (χ3n) is 6.00. The Morgan fingerprint density at radius 1 is 1.07 bits per heavy atom. The third-order valence-corrected chi connectivity index (χ3v) is 6.00. The molecule has 4 heteroatoms. The number of carboxylic acid groups (broad SMARTS) is 1. The number of ether oxygens (including phenoxy) is 2. The highest BCUT2D eigenvalue weighted by Gasteiger charge is 2.40. The Morgan fingerprint density at radius 2 is 1.79 bits per heavy atom. The molecule has 1 aliphatic carbocycles. The minimum Gasteiger partial charge on any atom is -0.478 e. The number of aromatic carboxylic acids is 1. The van der Waals surface area contributed by atoms with Gasteiger partial charge in [0.2, 0.25) is 0 Å². The van der Waals surface area contributed by atoms with Gasteiger partial charge in [0.15, 0.2) is 0 Å². The summed E-state index contributed by atoms with van der Waals surface area (Å²) in [6.07, 6.45) is 0.867. The van der Waals surface area contributed by atoms with Gasteiger partial charge in [-0.05, 0) is 51.4 Å². The summed E-state index contributed by atoms with van der Waals surface area (Å²) in [7, 11) is 1.64. The second-order valence-electron chi connectivity index (χ2n) is 8.40. The van der Waals surface area contributed by atoms with Crippen molar-refractivity contribution < 1.29 is 19.4 Å². The summed E-state index contributed by atoms with van der Waals surface area (Å²) in [5.74, 6) is -0.728. The molecule has 0 heterocycles. The van der Waals surface area contributed by atoms with Gasteiger partial charge in [0.1, 0.15) is 6.79 Å². The van der Waals surface area contributed by atoms with Gasteiger partial charge in [0.05, 0.1) is 11.7 Å². The van der Waals surface area contributed by atoms with Crippen molar-refractivity contribution in [3.63, 3.8) is 0 Å². The van der Waals surface area contributed by atoms with E-state index < -0.39 is 5.97 Å². The maximum absolute atomic E-state index is 11.3. The summed E-state index contributed by atoms with van der Waals surface area (Å²) in [6.45, 7) is 4.81. The Balaban J connectivity index is 1.79. The van der Waals surface area contributed by atoms with Crippen LogP contribution < -0.4 is 0 Å². The van der Waals surface area contributed by atoms with Crippen LogP contribution in [0.15, 0.2) is 60.7 Å². The molecule has 2 atom stereocenters. The summed E-state index contributed by atoms with van der Waals surface area (Å²) in [5, 5.41) is 11.2. The van der Waals surface area contributed by atoms with E-state index >= 15 is 0 Å². The Hall–Kier alpha value is -2.69. The largest absolute Gasteiger partial charge is 0.478 e. The van der Waals surface area contributed by atoms with Crippen molar-refractivity contribution in [1.29, 1.82) is 0 Å². The molecule has 0 saturated carbocycles. The minimum absolute atomic E-state index is 0.0241. The Labute approximate surface area is 171 Å². The van der Waals surface area contributed by atoms with Crippen molar-refractivity contribution in [2.75, 3.05) is 13.9 Å². The number of carboxylic acids is 1. The summed E-state index contributed by atoms with van der Waals surface area (Å²) < 4.78 is 11.4. The predicted molar refractivity (Wildman–Crippen MR) is 113 cm³/mol. The topological polar surface area (TPSA) is 55.8 Å². The first-order valence-corrected chi connectivity index (χ1v) is 9.87. The third kappa shape index (κ3) is 3.66. The van der Waals surface area contributed by atoms with E-state index in [1.165, 1.54) is 16.7 Å². The van der Waals surface area contributed by atoms with Crippen molar-refractivity contribution in [1.82, 2.24) is 0 Å². The van der Waals surface area contributed by atoms with Gasteiger partial charge in [-0.25, -0.2) is 4.79 Å². The van der Waals surface area contributed by atoms with Crippen LogP contribution in [0.1, 0.15) is 59.3 Å². The maximum atomic E-state index is 11.3. The molecule has 0 radical (unpaired) electrons. The van der Waals surface area contributed by atoms with Crippen molar-refractivity contribution in [2.45, 2.75) is 37.7 Å². The number of rotatable bonds is 5. The maximum Gasteiger partial charge on any atom is 0.335 e. The molecular formula is C25H26O4. The van der Waals surface area contributed by atoms with Gasteiger partial charge in [-0.2, -0.15) is 0 Å². The van der Waals surface area contributed by atoms with Crippen LogP contribution in [0, 0.1) is 0 Å². The summed E-state index contributed by atoms with van der Waals surface area (Å²) in [4.78, 5) is 11.3. The number of carbonyl (C=O) groups is 1. The fourth-order valence-electron chi connectivity index (χ4n) is 4.61. The van der Waals surface area contributed by atoms with Gasteiger partial charge in [-0.15, -0.1) is 0 Å². The van der Waals surface area contributed by atoms with Crippen LogP contribution in [-0.4, -0.2) is 25.0 Å². The van der Waals surface area contributed by atoms with Crippen LogP contribution in [0.2, 0.25) is 0 Å². The lowest BCUT2D eigenvalue weighted by atomic mass is 9.65. The highest BCUT2D eigenvalue weighted by Crippen LogP contribution is 2.50. The number of benzene rings is 3. The van der Waals surface area contributed by atoms with Crippen molar-refractivity contribution in [3.05, 3.63) is 82.9 Å². The van der Waals surface area contributed by atoms with Crippen LogP contribution in [-0.2, 0) is 14.9 Å². The van der Waals surface area contributed by atoms with E-state index in [1.54, 1.807) is 19.2 Å². The second kappa shape index (κ2) is 7.62. The Kier molecular flexibility index (Phi) is 5.15. The first-order chi connectivity index (χ1) is 13.9. The van der Waals surface area contributed by atoms with E-state index in [9.17, 15) is 9.90 Å². The van der Waals surface area contributed by atoms with Gasteiger partial charge >= 0.3 is 5.97 Å². The van der Waals surface area contributed by atoms with Crippen LogP contribution >= 0.6 is 0 Å². The van der Waals surface area contributed by atoms with Gasteiger partial charge in [-0.1, -0.05) is 62.4 Å². The lowest BCUT2D eigenvalue weighted by Gasteiger charge is -2.42. The Bertz CT molecular complexity index is 1050. The van der Waals surface area contributed by atoms with Crippen LogP contribution in [0.3, 0.4) is 0 Å². The van der Waals surface area contributed by atoms with Gasteiger partial charge < -0.3 is 14.6 Å². The molecule has 1 aliphatic rings. The zero-order valence-corrected chi connectivity index (χ0v) is 17.0. The second-order valence-corrected chi connectivity index (χ2v) is 8.40. The lowest BCUT2D eigenvalue weighted by molar-refractivity contribution is -0.0887. The Morgan fingerprint density at radius 3 is 2.55 bits per heavy atom. The highest BCUT2D eigenvalue weighted by molar-refractivity contribution is 5.94. The molecule has 0 spiro atoms. The van der Waals surface area contributed by atoms with E-state index in [1.807, 2.05) is 12.1 Å². The first kappa shape index (κ1) is 19.6. The number of hydrogen-bond acceptors (Lipinski definition) is 3. The SMILES string of the molecule is COCOC1c2ccccc2C(C)(C)CC1c1ccc2cc(C(=O)O)ccc2c1. The molecule has 29 heavy (non-hydrogen) atoms. The van der Waals surface area contributed by atoms with Crippen molar-refractivity contribution in [3.8, 4) is 0 Å². The highest BCUT2D eigenvalue weighted by atomic mass is 16.7. The molecule has 0 bridgehead atoms. The van der Waals surface area contributed by atoms with E-state index in [0.717, 1.165) is 17.2 Å².